The molecule has 0 saturated heterocycles. The number of benzene rings is 1. The van der Waals surface area contributed by atoms with Crippen LogP contribution in [0.5, 0.6) is 0 Å². The molecule has 1 atom stereocenters. The highest BCUT2D eigenvalue weighted by Gasteiger charge is 2.11. The van der Waals surface area contributed by atoms with Crippen LogP contribution in [0.15, 0.2) is 35.7 Å². The van der Waals surface area contributed by atoms with Crippen molar-refractivity contribution in [3.63, 3.8) is 0 Å². The lowest BCUT2D eigenvalue weighted by Gasteiger charge is -2.16. The average Bonchev–Trinajstić information content (AvgIpc) is 2.97. The van der Waals surface area contributed by atoms with Crippen molar-refractivity contribution in [2.75, 3.05) is 20.3 Å². The summed E-state index contributed by atoms with van der Waals surface area (Å²) in [6, 6.07) is 10.9. The van der Waals surface area contributed by atoms with Gasteiger partial charge in [-0.2, -0.15) is 0 Å². The Morgan fingerprint density at radius 2 is 2.10 bits per heavy atom. The molecule has 1 unspecified atom stereocenters. The highest BCUT2D eigenvalue weighted by Crippen LogP contribution is 2.22. The smallest absolute Gasteiger partial charge is 0.0948 e. The van der Waals surface area contributed by atoms with Gasteiger partial charge in [-0.05, 0) is 19.4 Å². The minimum Gasteiger partial charge on any atom is -0.385 e. The van der Waals surface area contributed by atoms with Crippen LogP contribution in [0.2, 0.25) is 0 Å². The van der Waals surface area contributed by atoms with E-state index in [2.05, 4.69) is 41.9 Å². The number of rotatable bonds is 9. The zero-order chi connectivity index (χ0) is 14.9. The number of nitrogens with zero attached hydrogens (tertiary/aromatic N) is 1. The fourth-order valence-electron chi connectivity index (χ4n) is 2.40. The van der Waals surface area contributed by atoms with Crippen LogP contribution in [0.1, 0.15) is 24.8 Å². The summed E-state index contributed by atoms with van der Waals surface area (Å²) in [4.78, 5) is 4.78. The maximum Gasteiger partial charge on any atom is 0.0948 e. The summed E-state index contributed by atoms with van der Waals surface area (Å²) in [6.45, 7) is 3.98. The van der Waals surface area contributed by atoms with E-state index in [1.165, 1.54) is 10.6 Å². The first-order valence-corrected chi connectivity index (χ1v) is 8.43. The molecule has 0 fully saturated rings. The molecule has 0 bridgehead atoms. The fourth-order valence-corrected chi connectivity index (χ4v) is 3.28. The van der Waals surface area contributed by atoms with Crippen LogP contribution in [0, 0.1) is 0 Å². The van der Waals surface area contributed by atoms with Gasteiger partial charge in [0, 0.05) is 37.1 Å². The molecule has 21 heavy (non-hydrogen) atoms. The summed E-state index contributed by atoms with van der Waals surface area (Å²) >= 11 is 1.76. The number of hydrogen-bond donors (Lipinski definition) is 1. The van der Waals surface area contributed by atoms with Gasteiger partial charge in [-0.25, -0.2) is 4.98 Å². The van der Waals surface area contributed by atoms with Crippen molar-refractivity contribution in [3.05, 3.63) is 40.7 Å². The van der Waals surface area contributed by atoms with Crippen molar-refractivity contribution in [1.29, 1.82) is 0 Å². The van der Waals surface area contributed by atoms with Crippen molar-refractivity contribution < 1.29 is 4.74 Å². The van der Waals surface area contributed by atoms with Crippen LogP contribution in [0.3, 0.4) is 0 Å². The number of aromatic nitrogens is 1. The van der Waals surface area contributed by atoms with Crippen molar-refractivity contribution in [1.82, 2.24) is 10.3 Å². The van der Waals surface area contributed by atoms with E-state index in [4.69, 9.17) is 9.72 Å². The predicted octanol–water partition coefficient (Wildman–Crippen LogP) is 3.76. The van der Waals surface area contributed by atoms with E-state index < -0.39 is 0 Å². The zero-order valence-electron chi connectivity index (χ0n) is 12.8. The molecule has 1 N–H and O–H groups in total. The monoisotopic (exact) mass is 304 g/mol. The summed E-state index contributed by atoms with van der Waals surface area (Å²) in [6.07, 6.45) is 3.21. The van der Waals surface area contributed by atoms with Gasteiger partial charge in [0.05, 0.1) is 10.7 Å². The van der Waals surface area contributed by atoms with Gasteiger partial charge in [0.15, 0.2) is 0 Å². The number of methoxy groups -OCH3 is 1. The molecule has 0 saturated carbocycles. The third-order valence-corrected chi connectivity index (χ3v) is 4.31. The molecule has 3 nitrogen and oxygen atoms in total. The Balaban J connectivity index is 1.96. The Morgan fingerprint density at radius 3 is 2.81 bits per heavy atom. The van der Waals surface area contributed by atoms with Crippen LogP contribution in [-0.2, 0) is 11.2 Å². The molecule has 1 heterocycles. The fraction of sp³-hybridized carbons (Fsp3) is 0.471. The Hall–Kier alpha value is -1.23. The summed E-state index contributed by atoms with van der Waals surface area (Å²) in [5.41, 5.74) is 2.28. The van der Waals surface area contributed by atoms with Crippen LogP contribution in [-0.4, -0.2) is 31.3 Å². The van der Waals surface area contributed by atoms with Gasteiger partial charge < -0.3 is 10.1 Å². The molecule has 0 radical (unpaired) electrons. The summed E-state index contributed by atoms with van der Waals surface area (Å²) in [5.74, 6) is 0. The largest absolute Gasteiger partial charge is 0.385 e. The molecule has 1 aromatic heterocycles. The molecule has 114 valence electrons. The first-order chi connectivity index (χ1) is 10.3. The first-order valence-electron chi connectivity index (χ1n) is 7.55. The number of likely N-dealkylation sites (N-methyl/N-ethyl adjacent to an activating group) is 1. The minimum absolute atomic E-state index is 0.486. The van der Waals surface area contributed by atoms with Crippen molar-refractivity contribution in [2.45, 2.75) is 32.2 Å². The van der Waals surface area contributed by atoms with Crippen LogP contribution in [0.25, 0.3) is 11.3 Å². The van der Waals surface area contributed by atoms with Gasteiger partial charge in [-0.1, -0.05) is 37.3 Å². The van der Waals surface area contributed by atoms with E-state index in [1.807, 2.05) is 6.07 Å². The van der Waals surface area contributed by atoms with Gasteiger partial charge in [0.25, 0.3) is 0 Å². The second kappa shape index (κ2) is 8.93. The lowest BCUT2D eigenvalue weighted by atomic mass is 10.1. The molecule has 1 aromatic carbocycles. The van der Waals surface area contributed by atoms with Crippen molar-refractivity contribution >= 4 is 11.3 Å². The molecular weight excluding hydrogens is 280 g/mol. The number of thiazole rings is 1. The van der Waals surface area contributed by atoms with E-state index >= 15 is 0 Å². The van der Waals surface area contributed by atoms with E-state index in [-0.39, 0.29) is 0 Å². The van der Waals surface area contributed by atoms with Crippen LogP contribution >= 0.6 is 11.3 Å². The van der Waals surface area contributed by atoms with Crippen molar-refractivity contribution in [3.8, 4) is 11.3 Å². The third kappa shape index (κ3) is 5.23. The Morgan fingerprint density at radius 1 is 1.29 bits per heavy atom. The van der Waals surface area contributed by atoms with E-state index in [0.29, 0.717) is 6.04 Å². The maximum absolute atomic E-state index is 5.14. The van der Waals surface area contributed by atoms with Gasteiger partial charge >= 0.3 is 0 Å². The summed E-state index contributed by atoms with van der Waals surface area (Å²) in [5, 5.41) is 6.91. The number of nitrogens with one attached hydrogen (secondary N) is 1. The number of ether oxygens (including phenoxy) is 1. The molecule has 0 aliphatic rings. The minimum atomic E-state index is 0.486. The Bertz CT molecular complexity index is 513. The standard InChI is InChI=1S/C17H24N2OS/c1-3-18-15(10-7-11-20-2)12-17-19-16(13-21-17)14-8-5-4-6-9-14/h4-6,8-9,13,15,18H,3,7,10-12H2,1-2H3. The SMILES string of the molecule is CCNC(CCCOC)Cc1nc(-c2ccccc2)cs1. The molecule has 2 aromatic rings. The highest BCUT2D eigenvalue weighted by molar-refractivity contribution is 7.09. The summed E-state index contributed by atoms with van der Waals surface area (Å²) < 4.78 is 5.14. The quantitative estimate of drug-likeness (QED) is 0.716. The molecule has 4 heteroatoms. The topological polar surface area (TPSA) is 34.1 Å². The lowest BCUT2D eigenvalue weighted by Crippen LogP contribution is -2.31. The molecule has 0 aliphatic heterocycles. The van der Waals surface area contributed by atoms with E-state index in [0.717, 1.165) is 38.1 Å². The molecular formula is C17H24N2OS. The zero-order valence-corrected chi connectivity index (χ0v) is 13.7. The lowest BCUT2D eigenvalue weighted by molar-refractivity contribution is 0.188. The maximum atomic E-state index is 5.14. The van der Waals surface area contributed by atoms with Crippen molar-refractivity contribution in [2.24, 2.45) is 0 Å². The van der Waals surface area contributed by atoms with Crippen LogP contribution in [0.4, 0.5) is 0 Å². The second-order valence-corrected chi connectivity index (χ2v) is 6.03. The second-order valence-electron chi connectivity index (χ2n) is 5.09. The average molecular weight is 304 g/mol. The number of hydrogen-bond acceptors (Lipinski definition) is 4. The van der Waals surface area contributed by atoms with E-state index in [1.54, 1.807) is 18.4 Å². The molecule has 0 amide bonds. The summed E-state index contributed by atoms with van der Waals surface area (Å²) in [7, 11) is 1.76. The Labute approximate surface area is 131 Å². The predicted molar refractivity (Wildman–Crippen MR) is 89.8 cm³/mol. The molecule has 2 rings (SSSR count). The Kier molecular flexibility index (Phi) is 6.86. The van der Waals surface area contributed by atoms with Crippen LogP contribution < -0.4 is 5.32 Å². The van der Waals surface area contributed by atoms with E-state index in [9.17, 15) is 0 Å². The van der Waals surface area contributed by atoms with Gasteiger partial charge in [0.2, 0.25) is 0 Å². The van der Waals surface area contributed by atoms with Gasteiger partial charge in [-0.15, -0.1) is 11.3 Å². The first kappa shape index (κ1) is 16.1. The molecule has 0 spiro atoms. The molecule has 0 aliphatic carbocycles. The van der Waals surface area contributed by atoms with Gasteiger partial charge in [-0.3, -0.25) is 0 Å². The normalized spacial score (nSPS) is 12.5. The third-order valence-electron chi connectivity index (χ3n) is 3.44. The van der Waals surface area contributed by atoms with Gasteiger partial charge in [0.1, 0.15) is 0 Å². The highest BCUT2D eigenvalue weighted by atomic mass is 32.1.